The fraction of sp³-hybridized carbons (Fsp3) is 0.784. The minimum atomic E-state index is -2.46. The van der Waals surface area contributed by atoms with Gasteiger partial charge in [-0.25, -0.2) is 4.79 Å². The van der Waals surface area contributed by atoms with Crippen LogP contribution in [0.25, 0.3) is 0 Å². The molecule has 4 rings (SSSR count). The van der Waals surface area contributed by atoms with Crippen LogP contribution in [0.5, 0.6) is 0 Å². The van der Waals surface area contributed by atoms with Gasteiger partial charge in [0.15, 0.2) is 0 Å². The zero-order valence-corrected chi connectivity index (χ0v) is 31.3. The Morgan fingerprint density at radius 3 is 2.11 bits per heavy atom. The van der Waals surface area contributed by atoms with E-state index in [4.69, 9.17) is 32.8 Å². The van der Waals surface area contributed by atoms with Gasteiger partial charge in [-0.05, 0) is 54.4 Å². The summed E-state index contributed by atoms with van der Waals surface area (Å²) in [5.41, 5.74) is 0.291. The molecule has 0 aliphatic carbocycles. The van der Waals surface area contributed by atoms with Gasteiger partial charge in [-0.2, -0.15) is 5.26 Å². The highest BCUT2D eigenvalue weighted by Gasteiger charge is 2.58. The Labute approximate surface area is 284 Å². The van der Waals surface area contributed by atoms with Gasteiger partial charge >= 0.3 is 5.97 Å². The molecule has 0 radical (unpaired) electrons. The molecule has 3 fully saturated rings. The average Bonchev–Trinajstić information content (AvgIpc) is 3.01. The van der Waals surface area contributed by atoms with Gasteiger partial charge in [-0.3, -0.25) is 0 Å². The predicted molar refractivity (Wildman–Crippen MR) is 183 cm³/mol. The molecule has 0 unspecified atom stereocenters. The van der Waals surface area contributed by atoms with Crippen LogP contribution < -0.4 is 0 Å². The van der Waals surface area contributed by atoms with Gasteiger partial charge in [-0.15, -0.1) is 0 Å². The maximum absolute atomic E-state index is 13.7. The van der Waals surface area contributed by atoms with Gasteiger partial charge in [0.1, 0.15) is 17.8 Å². The SMILES string of the molecule is COC[C@H]1O[C@H]2C[C@@H](C)C[C@H]3O[C@@](C)([C@@H](CC#N)O[Si](C(C)C)(C(C)C)C(C)C)[C@H](OC(=O)c4ccccc4)C[C@@H]3O[C@@H]2C[C@@H]1OC. The number of esters is 1. The van der Waals surface area contributed by atoms with Crippen molar-refractivity contribution in [2.45, 2.75) is 159 Å². The standard InChI is InChI=1S/C37H59NO8Si/c1-23(2)47(24(3)4,25(5)6)46-34(16-17-38)37(8)35(44-36(39)27-14-12-11-13-15-27)21-31-32(45-37)19-26(7)18-29-30(42-31)20-28(41-10)33(43-29)22-40-9/h11-15,23-26,28-35H,16,18-22H2,1-10H3/t26-,28+,29+,30-,31+,32-,33-,34-,35-,37+/m1/s1. The van der Waals surface area contributed by atoms with Crippen LogP contribution >= 0.6 is 0 Å². The molecule has 264 valence electrons. The minimum absolute atomic E-state index is 0.111. The second-order valence-corrected chi connectivity index (χ2v) is 20.5. The first-order valence-electron chi connectivity index (χ1n) is 17.6. The molecule has 0 spiro atoms. The summed E-state index contributed by atoms with van der Waals surface area (Å²) in [5.74, 6) is -0.153. The summed E-state index contributed by atoms with van der Waals surface area (Å²) < 4.78 is 45.7. The van der Waals surface area contributed by atoms with Crippen molar-refractivity contribution in [2.24, 2.45) is 5.92 Å². The third-order valence-electron chi connectivity index (χ3n) is 11.0. The van der Waals surface area contributed by atoms with E-state index in [9.17, 15) is 10.1 Å². The third-order valence-corrected chi connectivity index (χ3v) is 17.1. The van der Waals surface area contributed by atoms with Crippen LogP contribution in [0, 0.1) is 17.2 Å². The van der Waals surface area contributed by atoms with Crippen LogP contribution in [-0.2, 0) is 32.8 Å². The molecule has 0 saturated carbocycles. The Morgan fingerprint density at radius 1 is 0.936 bits per heavy atom. The Hall–Kier alpha value is -1.84. The zero-order chi connectivity index (χ0) is 34.5. The second kappa shape index (κ2) is 16.2. The number of hydrogen-bond acceptors (Lipinski definition) is 9. The monoisotopic (exact) mass is 673 g/mol. The Kier molecular flexibility index (Phi) is 13.1. The molecule has 0 aromatic heterocycles. The van der Waals surface area contributed by atoms with Crippen LogP contribution in [-0.4, -0.2) is 89.5 Å². The van der Waals surface area contributed by atoms with E-state index in [1.807, 2.05) is 25.1 Å². The molecule has 0 N–H and O–H groups in total. The number of benzene rings is 1. The number of carbonyl (C=O) groups excluding carboxylic acids is 1. The first-order valence-corrected chi connectivity index (χ1v) is 19.8. The van der Waals surface area contributed by atoms with E-state index in [0.29, 0.717) is 41.6 Å². The highest BCUT2D eigenvalue weighted by atomic mass is 28.4. The van der Waals surface area contributed by atoms with Crippen molar-refractivity contribution in [3.8, 4) is 6.07 Å². The summed E-state index contributed by atoms with van der Waals surface area (Å²) >= 11 is 0. The smallest absolute Gasteiger partial charge is 0.338 e. The summed E-state index contributed by atoms with van der Waals surface area (Å²) in [6.07, 6.45) is 0.173. The van der Waals surface area contributed by atoms with Crippen LogP contribution in [0.1, 0.15) is 97.9 Å². The quantitative estimate of drug-likeness (QED) is 0.168. The van der Waals surface area contributed by atoms with Crippen molar-refractivity contribution >= 4 is 14.3 Å². The van der Waals surface area contributed by atoms with E-state index in [-0.39, 0.29) is 49.0 Å². The van der Waals surface area contributed by atoms with E-state index in [1.54, 1.807) is 26.4 Å². The van der Waals surface area contributed by atoms with E-state index in [2.05, 4.69) is 54.5 Å². The molecule has 9 nitrogen and oxygen atoms in total. The van der Waals surface area contributed by atoms with E-state index < -0.39 is 32.1 Å². The average molecular weight is 674 g/mol. The molecule has 10 heteroatoms. The van der Waals surface area contributed by atoms with Gasteiger partial charge in [0.2, 0.25) is 8.32 Å². The number of carbonyl (C=O) groups is 1. The van der Waals surface area contributed by atoms with Crippen molar-refractivity contribution in [3.63, 3.8) is 0 Å². The van der Waals surface area contributed by atoms with E-state index in [0.717, 1.165) is 12.8 Å². The summed E-state index contributed by atoms with van der Waals surface area (Å²) in [4.78, 5) is 13.7. The van der Waals surface area contributed by atoms with Crippen LogP contribution in [0.3, 0.4) is 0 Å². The van der Waals surface area contributed by atoms with Gasteiger partial charge in [0.25, 0.3) is 0 Å². The van der Waals surface area contributed by atoms with Crippen molar-refractivity contribution < 1.29 is 37.6 Å². The highest BCUT2D eigenvalue weighted by Crippen LogP contribution is 2.48. The number of nitriles is 1. The maximum Gasteiger partial charge on any atom is 0.338 e. The lowest BCUT2D eigenvalue weighted by atomic mass is 9.79. The van der Waals surface area contributed by atoms with Gasteiger partial charge in [0, 0.05) is 27.1 Å². The number of nitrogens with zero attached hydrogens (tertiary/aromatic N) is 1. The van der Waals surface area contributed by atoms with Crippen molar-refractivity contribution in [2.75, 3.05) is 20.8 Å². The van der Waals surface area contributed by atoms with Crippen molar-refractivity contribution in [1.82, 2.24) is 0 Å². The lowest BCUT2D eigenvalue weighted by Gasteiger charge is -2.55. The van der Waals surface area contributed by atoms with Crippen molar-refractivity contribution in [1.29, 1.82) is 5.26 Å². The Morgan fingerprint density at radius 2 is 1.53 bits per heavy atom. The van der Waals surface area contributed by atoms with E-state index in [1.165, 1.54) is 0 Å². The fourth-order valence-corrected chi connectivity index (χ4v) is 14.3. The molecule has 3 aliphatic rings. The predicted octanol–water partition coefficient (Wildman–Crippen LogP) is 7.24. The van der Waals surface area contributed by atoms with Crippen LogP contribution in [0.4, 0.5) is 0 Å². The minimum Gasteiger partial charge on any atom is -0.455 e. The molecule has 1 aromatic rings. The summed E-state index contributed by atoms with van der Waals surface area (Å²) in [5, 5.41) is 10.2. The number of rotatable bonds is 12. The molecule has 3 heterocycles. The zero-order valence-electron chi connectivity index (χ0n) is 30.3. The summed E-state index contributed by atoms with van der Waals surface area (Å²) in [6, 6.07) is 11.4. The first-order chi connectivity index (χ1) is 22.3. The Bertz CT molecular complexity index is 1170. The lowest BCUT2D eigenvalue weighted by molar-refractivity contribution is -0.290. The fourth-order valence-electron chi connectivity index (χ4n) is 8.69. The summed E-state index contributed by atoms with van der Waals surface area (Å²) in [7, 11) is 0.916. The van der Waals surface area contributed by atoms with Crippen molar-refractivity contribution in [3.05, 3.63) is 35.9 Å². The van der Waals surface area contributed by atoms with Crippen LogP contribution in [0.2, 0.25) is 16.6 Å². The largest absolute Gasteiger partial charge is 0.455 e. The van der Waals surface area contributed by atoms with Gasteiger partial charge < -0.3 is 32.8 Å². The number of fused-ring (bicyclic) bond motifs is 2. The van der Waals surface area contributed by atoms with E-state index >= 15 is 0 Å². The van der Waals surface area contributed by atoms with Crippen LogP contribution in [0.15, 0.2) is 30.3 Å². The first kappa shape index (κ1) is 38.0. The maximum atomic E-state index is 13.7. The second-order valence-electron chi connectivity index (χ2n) is 15.1. The van der Waals surface area contributed by atoms with Gasteiger partial charge in [-0.1, -0.05) is 66.7 Å². The molecular weight excluding hydrogens is 614 g/mol. The molecule has 1 aromatic carbocycles. The molecular formula is C37H59NO8Si. The summed E-state index contributed by atoms with van der Waals surface area (Å²) in [6.45, 7) is 18.1. The number of ether oxygens (including phenoxy) is 6. The number of hydrogen-bond donors (Lipinski definition) is 0. The molecule has 0 bridgehead atoms. The molecule has 3 saturated heterocycles. The molecule has 3 aliphatic heterocycles. The highest BCUT2D eigenvalue weighted by molar-refractivity contribution is 6.77. The normalized spacial score (nSPS) is 33.8. The number of methoxy groups -OCH3 is 2. The topological polar surface area (TPSA) is 105 Å². The Balaban J connectivity index is 1.73. The third kappa shape index (κ3) is 8.15. The molecule has 10 atom stereocenters. The van der Waals surface area contributed by atoms with Gasteiger partial charge in [0.05, 0.1) is 61.3 Å². The molecule has 0 amide bonds. The lowest BCUT2D eigenvalue weighted by Crippen LogP contribution is -2.66. The molecule has 47 heavy (non-hydrogen) atoms.